The maximum atomic E-state index is 12.8. The Morgan fingerprint density at radius 1 is 0.864 bits per heavy atom. The van der Waals surface area contributed by atoms with Gasteiger partial charge in [-0.15, -0.1) is 13.0 Å². The summed E-state index contributed by atoms with van der Waals surface area (Å²) in [5, 5.41) is 45.3. The van der Waals surface area contributed by atoms with Crippen LogP contribution in [0.1, 0.15) is 48.2 Å². The van der Waals surface area contributed by atoms with Crippen molar-refractivity contribution in [3.8, 4) is 69.0 Å². The second kappa shape index (κ2) is 18.1. The van der Waals surface area contributed by atoms with Crippen molar-refractivity contribution in [1.82, 2.24) is 59.0 Å². The molecule has 17 nitrogen and oxygen atoms in total. The number of nitriles is 2. The van der Waals surface area contributed by atoms with Crippen molar-refractivity contribution in [3.63, 3.8) is 0 Å². The molecule has 9 heterocycles. The zero-order valence-electron chi connectivity index (χ0n) is 36.3. The van der Waals surface area contributed by atoms with Gasteiger partial charge in [0.15, 0.2) is 0 Å². The van der Waals surface area contributed by atoms with Gasteiger partial charge in [-0.1, -0.05) is 25.0 Å². The fraction of sp³-hybridized carbons (Fsp3) is 0.224. The van der Waals surface area contributed by atoms with Crippen molar-refractivity contribution in [1.29, 1.82) is 10.5 Å². The molecule has 2 unspecified atom stereocenters. The highest BCUT2D eigenvalue weighted by atomic mass is 16.2. The van der Waals surface area contributed by atoms with Crippen LogP contribution in [0.3, 0.4) is 0 Å². The van der Waals surface area contributed by atoms with Crippen molar-refractivity contribution < 1.29 is 9.59 Å². The Morgan fingerprint density at radius 3 is 2.29 bits per heavy atom. The van der Waals surface area contributed by atoms with Gasteiger partial charge >= 0.3 is 0 Å². The second-order valence-electron chi connectivity index (χ2n) is 16.2. The molecule has 0 saturated carbocycles. The number of rotatable bonds is 14. The third kappa shape index (κ3) is 8.34. The summed E-state index contributed by atoms with van der Waals surface area (Å²) in [5.74, 6) is 2.71. The lowest BCUT2D eigenvalue weighted by Crippen LogP contribution is -2.32. The van der Waals surface area contributed by atoms with E-state index in [-0.39, 0.29) is 36.6 Å². The van der Waals surface area contributed by atoms with Crippen molar-refractivity contribution in [2.45, 2.75) is 32.2 Å². The van der Waals surface area contributed by atoms with Gasteiger partial charge in [0.05, 0.1) is 54.1 Å². The van der Waals surface area contributed by atoms with E-state index in [1.165, 1.54) is 0 Å². The van der Waals surface area contributed by atoms with E-state index in [2.05, 4.69) is 50.5 Å². The zero-order valence-corrected chi connectivity index (χ0v) is 36.3. The van der Waals surface area contributed by atoms with Gasteiger partial charge in [-0.25, -0.2) is 14.0 Å². The third-order valence-electron chi connectivity index (χ3n) is 11.8. The first-order chi connectivity index (χ1) is 32.1. The normalized spacial score (nSPS) is 13.9. The van der Waals surface area contributed by atoms with Gasteiger partial charge in [-0.2, -0.15) is 30.9 Å². The largest absolute Gasteiger partial charge is 0.368 e. The lowest BCUT2D eigenvalue weighted by molar-refractivity contribution is -0.132. The van der Waals surface area contributed by atoms with Gasteiger partial charge in [0, 0.05) is 127 Å². The lowest BCUT2D eigenvalue weighted by atomic mass is 9.99. The lowest BCUT2D eigenvalue weighted by Gasteiger charge is -2.19. The van der Waals surface area contributed by atoms with Crippen molar-refractivity contribution in [2.24, 2.45) is 13.0 Å². The Hall–Kier alpha value is -8.88. The topological polar surface area (TPSA) is 205 Å². The molecule has 1 saturated heterocycles. The van der Waals surface area contributed by atoms with E-state index >= 15 is 0 Å². The number of carbonyl (C=O) groups is 2. The second-order valence-corrected chi connectivity index (χ2v) is 16.2. The third-order valence-corrected chi connectivity index (χ3v) is 11.8. The predicted octanol–water partition coefficient (Wildman–Crippen LogP) is 5.85. The molecule has 66 heavy (non-hydrogen) atoms. The van der Waals surface area contributed by atoms with E-state index in [1.54, 1.807) is 49.3 Å². The van der Waals surface area contributed by atoms with E-state index in [4.69, 9.17) is 21.6 Å². The molecule has 2 amide bonds. The van der Waals surface area contributed by atoms with Crippen LogP contribution in [0.25, 0.3) is 55.5 Å². The molecule has 9 rings (SSSR count). The number of likely N-dealkylation sites (tertiary alicyclic amines) is 1. The van der Waals surface area contributed by atoms with Crippen LogP contribution in [0.4, 0.5) is 5.82 Å². The molecule has 0 aromatic carbocycles. The summed E-state index contributed by atoms with van der Waals surface area (Å²) in [6, 6.07) is 16.5. The maximum absolute atomic E-state index is 12.8. The monoisotopic (exact) mass is 873 g/mol. The minimum absolute atomic E-state index is 0.0259. The van der Waals surface area contributed by atoms with E-state index in [0.29, 0.717) is 59.9 Å². The van der Waals surface area contributed by atoms with E-state index in [9.17, 15) is 20.1 Å². The van der Waals surface area contributed by atoms with Crippen LogP contribution in [-0.4, -0.2) is 91.7 Å². The standard InChI is InChI=1S/C49H43N15O2/c1-5-7-46(65)53-14-13-52-45-11-9-33(21-55-45)41-17-36(38-23-56-60(4)25-38)29-64-48(41)42(19-51)44(59-64)30-62-27-39(24-57-62)35-16-40(47-37(18-50)22-58-63(47)28-35)32-8-10-43(54-20-32)34-12-15-61(26-34)49(66)31(3)6-2/h1,6,8-11,16-17,20-25,27-29,31,34H,2,7,12-15,26,30H2,3-4H3,(H,52,55)(H,53,65). The highest BCUT2D eigenvalue weighted by molar-refractivity contribution is 5.89. The van der Waals surface area contributed by atoms with Crippen LogP contribution in [0.5, 0.6) is 0 Å². The van der Waals surface area contributed by atoms with Crippen LogP contribution < -0.4 is 10.6 Å². The molecule has 0 radical (unpaired) electrons. The molecule has 8 aromatic rings. The van der Waals surface area contributed by atoms with Crippen LogP contribution in [-0.2, 0) is 23.2 Å². The summed E-state index contributed by atoms with van der Waals surface area (Å²) in [6.07, 6.45) is 23.9. The molecular formula is C49H43N15O2. The van der Waals surface area contributed by atoms with Gasteiger partial charge in [-0.05, 0) is 36.8 Å². The Morgan fingerprint density at radius 2 is 1.61 bits per heavy atom. The summed E-state index contributed by atoms with van der Waals surface area (Å²) in [5.41, 5.74) is 9.98. The van der Waals surface area contributed by atoms with Gasteiger partial charge in [0.2, 0.25) is 11.8 Å². The number of amides is 2. The number of hydrogen-bond acceptors (Lipinski definition) is 11. The van der Waals surface area contributed by atoms with E-state index in [1.807, 2.05) is 86.3 Å². The molecule has 326 valence electrons. The maximum Gasteiger partial charge on any atom is 0.232 e. The Balaban J connectivity index is 1.00. The molecule has 1 fully saturated rings. The molecule has 1 aliphatic rings. The highest BCUT2D eigenvalue weighted by Crippen LogP contribution is 2.36. The summed E-state index contributed by atoms with van der Waals surface area (Å²) in [6.45, 7) is 7.96. The number of aryl methyl sites for hydroxylation is 1. The van der Waals surface area contributed by atoms with Gasteiger partial charge in [0.1, 0.15) is 29.2 Å². The molecule has 0 bridgehead atoms. The first kappa shape index (κ1) is 42.4. The Kier molecular flexibility index (Phi) is 11.6. The first-order valence-corrected chi connectivity index (χ1v) is 21.3. The number of carbonyl (C=O) groups excluding carboxylic acids is 2. The number of anilines is 1. The number of hydrogen-bond donors (Lipinski definition) is 2. The summed E-state index contributed by atoms with van der Waals surface area (Å²) >= 11 is 0. The van der Waals surface area contributed by atoms with Crippen LogP contribution in [0.15, 0.2) is 105 Å². The molecule has 8 aromatic heterocycles. The molecule has 17 heteroatoms. The molecule has 2 N–H and O–H groups in total. The van der Waals surface area contributed by atoms with Crippen LogP contribution in [0.2, 0.25) is 0 Å². The quantitative estimate of drug-likeness (QED) is 0.0753. The summed E-state index contributed by atoms with van der Waals surface area (Å²) in [7, 11) is 1.85. The summed E-state index contributed by atoms with van der Waals surface area (Å²) in [4.78, 5) is 35.9. The number of fused-ring (bicyclic) bond motifs is 2. The highest BCUT2D eigenvalue weighted by Gasteiger charge is 2.30. The average molecular weight is 874 g/mol. The minimum Gasteiger partial charge on any atom is -0.368 e. The number of nitrogens with one attached hydrogen (secondary N) is 2. The van der Waals surface area contributed by atoms with Gasteiger partial charge < -0.3 is 15.5 Å². The predicted molar refractivity (Wildman–Crippen MR) is 247 cm³/mol. The van der Waals surface area contributed by atoms with E-state index < -0.39 is 0 Å². The fourth-order valence-corrected chi connectivity index (χ4v) is 8.34. The van der Waals surface area contributed by atoms with Crippen molar-refractivity contribution >= 4 is 28.7 Å². The molecule has 0 spiro atoms. The average Bonchev–Trinajstić information content (AvgIpc) is 4.21. The van der Waals surface area contributed by atoms with Crippen LogP contribution in [0, 0.1) is 40.9 Å². The van der Waals surface area contributed by atoms with Gasteiger partial charge in [0.25, 0.3) is 0 Å². The zero-order chi connectivity index (χ0) is 45.9. The first-order valence-electron chi connectivity index (χ1n) is 21.3. The fourth-order valence-electron chi connectivity index (χ4n) is 8.34. The van der Waals surface area contributed by atoms with E-state index in [0.717, 1.165) is 56.6 Å². The number of nitrogens with zero attached hydrogens (tertiary/aromatic N) is 13. The SMILES string of the molecule is C#CCC(=O)NCCNc1ccc(-c2cc(-c3cnn(C)c3)cn3nc(Cn4cc(-c5cc(-c6ccc(C7CCN(C(=O)C(C)C=C)C7)nc6)c6c(C#N)cnn6c5)cn4)c(C#N)c23)cn1. The number of terminal acetylenes is 1. The van der Waals surface area contributed by atoms with Crippen molar-refractivity contribution in [2.75, 3.05) is 31.5 Å². The van der Waals surface area contributed by atoms with Gasteiger partial charge in [-0.3, -0.25) is 23.9 Å². The molecule has 1 aliphatic heterocycles. The van der Waals surface area contributed by atoms with Crippen LogP contribution >= 0.6 is 0 Å². The molecule has 2 atom stereocenters. The number of pyridine rings is 4. The summed E-state index contributed by atoms with van der Waals surface area (Å²) < 4.78 is 6.90. The molecule has 0 aliphatic carbocycles. The number of aromatic nitrogens is 10. The van der Waals surface area contributed by atoms with Crippen molar-refractivity contribution in [3.05, 3.63) is 127 Å². The Labute approximate surface area is 379 Å². The minimum atomic E-state index is -0.232. The Bertz CT molecular complexity index is 3280. The smallest absolute Gasteiger partial charge is 0.232 e. The molecular weight excluding hydrogens is 831 g/mol.